The highest BCUT2D eigenvalue weighted by molar-refractivity contribution is 8.00. The Kier molecular flexibility index (Phi) is 17.8. The number of allylic oxidation sites excluding steroid dienone is 6. The van der Waals surface area contributed by atoms with Crippen LogP contribution in [0.3, 0.4) is 0 Å². The van der Waals surface area contributed by atoms with E-state index in [1.807, 2.05) is 81.5 Å². The molecule has 0 aliphatic carbocycles. The number of amides is 4. The van der Waals surface area contributed by atoms with Gasteiger partial charge in [-0.05, 0) is 81.5 Å². The number of urea groups is 1. The summed E-state index contributed by atoms with van der Waals surface area (Å²) < 4.78 is 80.5. The van der Waals surface area contributed by atoms with E-state index in [0.717, 1.165) is 71.8 Å². The van der Waals surface area contributed by atoms with Gasteiger partial charge in [0.25, 0.3) is 20.2 Å². The van der Waals surface area contributed by atoms with E-state index in [1.54, 1.807) is 12.1 Å². The average molecular weight is 1000 g/mol. The van der Waals surface area contributed by atoms with Crippen LogP contribution in [0.4, 0.5) is 16.2 Å². The van der Waals surface area contributed by atoms with Crippen LogP contribution in [0.15, 0.2) is 82.3 Å². The van der Waals surface area contributed by atoms with Crippen molar-refractivity contribution in [3.05, 3.63) is 83.6 Å². The zero-order chi connectivity index (χ0) is 49.3. The number of anilines is 1. The van der Waals surface area contributed by atoms with Crippen molar-refractivity contribution in [2.45, 2.75) is 117 Å². The van der Waals surface area contributed by atoms with E-state index in [-0.39, 0.29) is 39.7 Å². The molecule has 4 aliphatic rings. The number of unbranched alkanes of at least 4 members (excludes halogenated alkanes) is 3. The third kappa shape index (κ3) is 13.2. The van der Waals surface area contributed by atoms with Crippen LogP contribution < -0.4 is 26.2 Å². The average Bonchev–Trinajstić information content (AvgIpc) is 3.95. The van der Waals surface area contributed by atoms with Gasteiger partial charge in [-0.3, -0.25) is 18.7 Å². The molecule has 0 unspecified atom stereocenters. The molecule has 2 fully saturated rings. The lowest BCUT2D eigenvalue weighted by Gasteiger charge is -2.27. The lowest BCUT2D eigenvalue weighted by Crippen LogP contribution is -2.36. The maximum atomic E-state index is 12.6. The van der Waals surface area contributed by atoms with E-state index in [9.17, 15) is 40.3 Å². The first-order chi connectivity index (χ1) is 32.2. The summed E-state index contributed by atoms with van der Waals surface area (Å²) >= 11 is 1.88. The summed E-state index contributed by atoms with van der Waals surface area (Å²) in [5, 5.41) is 12.1. The number of fused-ring (bicyclic) bond motifs is 3. The minimum atomic E-state index is -4.42. The highest BCUT2D eigenvalue weighted by atomic mass is 32.2. The first kappa shape index (κ1) is 52.8. The Morgan fingerprint density at radius 2 is 1.43 bits per heavy atom. The minimum absolute atomic E-state index is 0.000945. The van der Waals surface area contributed by atoms with Crippen molar-refractivity contribution in [2.75, 3.05) is 63.8 Å². The van der Waals surface area contributed by atoms with Gasteiger partial charge in [-0.25, -0.2) is 4.79 Å². The molecule has 68 heavy (non-hydrogen) atoms. The van der Waals surface area contributed by atoms with Gasteiger partial charge in [-0.1, -0.05) is 44.9 Å². The summed E-state index contributed by atoms with van der Waals surface area (Å²) in [5.74, 6) is 0.870. The predicted molar refractivity (Wildman–Crippen MR) is 263 cm³/mol. The molecule has 2 aromatic carbocycles. The molecule has 0 saturated carbocycles. The first-order valence-electron chi connectivity index (χ1n) is 23.3. The smallest absolute Gasteiger partial charge is 0.315 e. The van der Waals surface area contributed by atoms with Gasteiger partial charge in [0.15, 0.2) is 5.71 Å². The molecule has 0 aromatic heterocycles. The Morgan fingerprint density at radius 3 is 2.07 bits per heavy atom. The van der Waals surface area contributed by atoms with Gasteiger partial charge in [0.05, 0.1) is 53.7 Å². The Bertz CT molecular complexity index is 2540. The molecule has 4 aliphatic heterocycles. The van der Waals surface area contributed by atoms with Crippen molar-refractivity contribution in [3.8, 4) is 0 Å². The molecular formula is C48H67N6O11S3+. The minimum Gasteiger partial charge on any atom is -0.377 e. The Balaban J connectivity index is 0.880. The van der Waals surface area contributed by atoms with Crippen LogP contribution in [0.1, 0.15) is 90.2 Å². The summed E-state index contributed by atoms with van der Waals surface area (Å²) in [6.07, 6.45) is 15.4. The Labute approximate surface area is 405 Å². The largest absolute Gasteiger partial charge is 0.377 e. The summed E-state index contributed by atoms with van der Waals surface area (Å²) in [5.41, 5.74) is 3.95. The molecular weight excluding hydrogens is 933 g/mol. The number of nitrogens with one attached hydrogen (secondary N) is 4. The van der Waals surface area contributed by atoms with Crippen LogP contribution >= 0.6 is 11.8 Å². The lowest BCUT2D eigenvalue weighted by molar-refractivity contribution is -0.401. The lowest BCUT2D eigenvalue weighted by atomic mass is 9.81. The Hall–Kier alpha value is -4.57. The Morgan fingerprint density at radius 1 is 0.809 bits per heavy atom. The molecule has 2 aromatic rings. The second kappa shape index (κ2) is 22.9. The number of thioether (sulfide) groups is 1. The van der Waals surface area contributed by atoms with E-state index >= 15 is 0 Å². The van der Waals surface area contributed by atoms with Crippen molar-refractivity contribution in [2.24, 2.45) is 0 Å². The van der Waals surface area contributed by atoms with Crippen LogP contribution in [0.2, 0.25) is 0 Å². The number of hydrogen-bond acceptors (Lipinski definition) is 11. The van der Waals surface area contributed by atoms with E-state index in [2.05, 4.69) is 26.2 Å². The highest BCUT2D eigenvalue weighted by Gasteiger charge is 2.45. The number of benzene rings is 2. The van der Waals surface area contributed by atoms with E-state index in [1.165, 1.54) is 24.3 Å². The maximum Gasteiger partial charge on any atom is 0.315 e. The van der Waals surface area contributed by atoms with Crippen LogP contribution in [-0.2, 0) is 50.1 Å². The molecule has 4 heterocycles. The highest BCUT2D eigenvalue weighted by Crippen LogP contribution is 2.49. The molecule has 0 bridgehead atoms. The van der Waals surface area contributed by atoms with Crippen molar-refractivity contribution >= 4 is 66.9 Å². The number of nitrogens with zero attached hydrogens (tertiary/aromatic N) is 2. The monoisotopic (exact) mass is 999 g/mol. The fourth-order valence-electron chi connectivity index (χ4n) is 9.42. The van der Waals surface area contributed by atoms with Crippen LogP contribution in [0.5, 0.6) is 0 Å². The standard InChI is InChI=1S/C48H66N6O11S3/c1-47(2)35-30-33(67(58,59)60)19-21-38(35)53(5)41(47)15-8-6-9-16-42-48(3,4)36-31-34(68(61,62)63)20-22-39(36)54(42)25-13-7-10-17-43(55)49-23-26-64-28-29-65-27-24-50-44(56)18-12-11-14-40-45-37(32-66-40)51-46(57)52-45/h6,8-9,15-16,19-22,30-31,37,40,45H,7,10-14,17-18,23-29,32H2,1-5H3,(H5-,49,50,51,52,55,56,57,58,59,60,61,62,63)/p+1/t37-,40-,45-/m0/s1. The maximum absolute atomic E-state index is 12.6. The normalized spacial score (nSPS) is 21.1. The summed E-state index contributed by atoms with van der Waals surface area (Å²) in [6.45, 7) is 10.9. The van der Waals surface area contributed by atoms with Crippen molar-refractivity contribution < 1.29 is 54.4 Å². The molecule has 17 nitrogen and oxygen atoms in total. The van der Waals surface area contributed by atoms with Gasteiger partial charge in [0, 0.05) is 78.0 Å². The van der Waals surface area contributed by atoms with Gasteiger partial charge in [-0.2, -0.15) is 33.2 Å². The van der Waals surface area contributed by atoms with E-state index < -0.39 is 31.1 Å². The summed E-state index contributed by atoms with van der Waals surface area (Å²) in [7, 11) is -6.87. The van der Waals surface area contributed by atoms with Gasteiger partial charge in [0.1, 0.15) is 7.05 Å². The topological polar surface area (TPSA) is 233 Å². The third-order valence-electron chi connectivity index (χ3n) is 13.1. The number of carbonyl (C=O) groups excluding carboxylic acids is 3. The molecule has 0 radical (unpaired) electrons. The summed E-state index contributed by atoms with van der Waals surface area (Å²) in [4.78, 5) is 38.1. The molecule has 2 saturated heterocycles. The van der Waals surface area contributed by atoms with Crippen molar-refractivity contribution in [1.82, 2.24) is 21.3 Å². The number of ether oxygens (including phenoxy) is 2. The van der Waals surface area contributed by atoms with Crippen LogP contribution in [0, 0.1) is 0 Å². The zero-order valence-corrected chi connectivity index (χ0v) is 42.0. The predicted octanol–water partition coefficient (Wildman–Crippen LogP) is 5.53. The quantitative estimate of drug-likeness (QED) is 0.0237. The van der Waals surface area contributed by atoms with Gasteiger partial charge in [-0.15, -0.1) is 0 Å². The molecule has 6 rings (SSSR count). The third-order valence-corrected chi connectivity index (χ3v) is 16.3. The fourth-order valence-corrected chi connectivity index (χ4v) is 12.0. The zero-order valence-electron chi connectivity index (χ0n) is 39.6. The number of rotatable bonds is 25. The van der Waals surface area contributed by atoms with Gasteiger partial charge >= 0.3 is 6.03 Å². The first-order valence-corrected chi connectivity index (χ1v) is 27.2. The van der Waals surface area contributed by atoms with Crippen molar-refractivity contribution in [3.63, 3.8) is 0 Å². The second-order valence-electron chi connectivity index (χ2n) is 18.6. The SMILES string of the molecule is C[N+]1=C(C=CC=CC=C2N(CCCCCC(=O)NCCOCCOCCNC(=O)CCCC[C@@H]3SC[C@@H]4NC(=O)N[C@@H]43)c3ccc(S(=O)(=O)O)cc3C2(C)C)C(C)(C)c2cc(S(=O)(=O)O)ccc21. The number of hydrogen-bond donors (Lipinski definition) is 6. The van der Waals surface area contributed by atoms with E-state index in [0.29, 0.717) is 70.6 Å². The number of carbonyl (C=O) groups is 3. The molecule has 6 N–H and O–H groups in total. The van der Waals surface area contributed by atoms with Gasteiger partial charge < -0.3 is 35.6 Å². The van der Waals surface area contributed by atoms with Crippen LogP contribution in [0.25, 0.3) is 0 Å². The van der Waals surface area contributed by atoms with Crippen LogP contribution in [-0.4, -0.2) is 130 Å². The fraction of sp³-hybridized carbons (Fsp3) is 0.542. The molecule has 0 spiro atoms. The van der Waals surface area contributed by atoms with E-state index in [4.69, 9.17) is 9.47 Å². The second-order valence-corrected chi connectivity index (χ2v) is 22.7. The van der Waals surface area contributed by atoms with Crippen molar-refractivity contribution in [1.29, 1.82) is 0 Å². The molecule has 4 amide bonds. The molecule has 20 heteroatoms. The summed E-state index contributed by atoms with van der Waals surface area (Å²) in [6, 6.07) is 9.56. The molecule has 372 valence electrons. The van der Waals surface area contributed by atoms with Gasteiger partial charge in [0.2, 0.25) is 17.5 Å². The molecule has 3 atom stereocenters.